The van der Waals surface area contributed by atoms with Gasteiger partial charge in [-0.15, -0.1) is 5.10 Å². The number of nitrogens with two attached hydrogens (primary N) is 1. The fourth-order valence-electron chi connectivity index (χ4n) is 3.53. The Kier molecular flexibility index (Phi) is 5.05. The second kappa shape index (κ2) is 8.19. The second-order valence-electron chi connectivity index (χ2n) is 7.17. The Morgan fingerprint density at radius 1 is 0.970 bits per heavy atom. The Hall–Kier alpha value is -4.54. The molecule has 0 spiro atoms. The molecule has 0 bridgehead atoms. The lowest BCUT2D eigenvalue weighted by atomic mass is 10.0. The number of hydrogen-bond acceptors (Lipinski definition) is 7. The van der Waals surface area contributed by atoms with Gasteiger partial charge in [-0.2, -0.15) is 10.2 Å². The maximum Gasteiger partial charge on any atom is 0.353 e. The third kappa shape index (κ3) is 3.69. The number of alkyl halides is 2. The number of rotatable bonds is 5. The van der Waals surface area contributed by atoms with E-state index in [1.165, 1.54) is 27.4 Å². The molecule has 11 heteroatoms. The Morgan fingerprint density at radius 3 is 2.45 bits per heavy atom. The van der Waals surface area contributed by atoms with Crippen LogP contribution in [0.2, 0.25) is 0 Å². The van der Waals surface area contributed by atoms with Crippen LogP contribution < -0.4 is 11.4 Å². The van der Waals surface area contributed by atoms with Gasteiger partial charge in [0.1, 0.15) is 0 Å². The van der Waals surface area contributed by atoms with Crippen LogP contribution in [0.4, 0.5) is 14.7 Å². The summed E-state index contributed by atoms with van der Waals surface area (Å²) in [6.07, 6.45) is 1.54. The number of halogens is 2. The molecule has 4 heterocycles. The van der Waals surface area contributed by atoms with Crippen molar-refractivity contribution < 1.29 is 8.78 Å². The predicted molar refractivity (Wildman–Crippen MR) is 116 cm³/mol. The Labute approximate surface area is 185 Å². The van der Waals surface area contributed by atoms with Gasteiger partial charge >= 0.3 is 5.69 Å². The normalized spacial score (nSPS) is 11.4. The van der Waals surface area contributed by atoms with E-state index in [4.69, 9.17) is 5.73 Å². The molecule has 0 fully saturated rings. The maximum absolute atomic E-state index is 13.1. The van der Waals surface area contributed by atoms with Gasteiger partial charge in [-0.1, -0.05) is 30.3 Å². The summed E-state index contributed by atoms with van der Waals surface area (Å²) in [5, 5.41) is 12.3. The summed E-state index contributed by atoms with van der Waals surface area (Å²) in [4.78, 5) is 21.6. The lowest BCUT2D eigenvalue weighted by Crippen LogP contribution is -2.24. The Bertz CT molecular complexity index is 1480. The van der Waals surface area contributed by atoms with E-state index < -0.39 is 12.1 Å². The first kappa shape index (κ1) is 20.4. The number of pyridine rings is 1. The molecule has 0 radical (unpaired) electrons. The van der Waals surface area contributed by atoms with Crippen LogP contribution in [-0.4, -0.2) is 34.3 Å². The molecule has 0 saturated heterocycles. The number of nitrogens with zero attached hydrogens (tertiary/aromatic N) is 7. The highest BCUT2D eigenvalue weighted by atomic mass is 19.3. The van der Waals surface area contributed by atoms with Crippen molar-refractivity contribution in [2.24, 2.45) is 0 Å². The summed E-state index contributed by atoms with van der Waals surface area (Å²) >= 11 is 0. The summed E-state index contributed by atoms with van der Waals surface area (Å²) in [5.41, 5.74) is 8.64. The van der Waals surface area contributed by atoms with Gasteiger partial charge in [0.2, 0.25) is 5.95 Å². The van der Waals surface area contributed by atoms with Crippen LogP contribution in [0.25, 0.3) is 28.0 Å². The summed E-state index contributed by atoms with van der Waals surface area (Å²) in [5.74, 6) is -0.0353. The average Bonchev–Trinajstić information content (AvgIpc) is 3.16. The summed E-state index contributed by atoms with van der Waals surface area (Å²) < 4.78 is 28.0. The van der Waals surface area contributed by atoms with Gasteiger partial charge in [0.05, 0.1) is 35.9 Å². The second-order valence-corrected chi connectivity index (χ2v) is 7.17. The smallest absolute Gasteiger partial charge is 0.353 e. The Balaban J connectivity index is 1.71. The van der Waals surface area contributed by atoms with Gasteiger partial charge in [-0.3, -0.25) is 4.98 Å². The van der Waals surface area contributed by atoms with E-state index in [-0.39, 0.29) is 23.7 Å². The van der Waals surface area contributed by atoms with E-state index in [9.17, 15) is 13.6 Å². The Morgan fingerprint density at radius 2 is 1.79 bits per heavy atom. The molecule has 0 aliphatic carbocycles. The van der Waals surface area contributed by atoms with Gasteiger partial charge in [0.25, 0.3) is 6.43 Å². The third-order valence-electron chi connectivity index (χ3n) is 5.09. The van der Waals surface area contributed by atoms with Gasteiger partial charge < -0.3 is 5.73 Å². The van der Waals surface area contributed by atoms with Crippen molar-refractivity contribution in [3.8, 4) is 22.4 Å². The lowest BCUT2D eigenvalue weighted by Gasteiger charge is -2.11. The van der Waals surface area contributed by atoms with E-state index in [2.05, 4.69) is 25.3 Å². The SMILES string of the molecule is Nc1nc(-c2ccccc2)c(-c2ccnnc2)c2nn(Cc3ccc(C(F)F)cn3)c(=O)n12. The molecule has 0 atom stereocenters. The largest absolute Gasteiger partial charge is 0.369 e. The molecule has 0 unspecified atom stereocenters. The van der Waals surface area contributed by atoms with Gasteiger partial charge in [0, 0.05) is 22.9 Å². The highest BCUT2D eigenvalue weighted by molar-refractivity contribution is 5.90. The van der Waals surface area contributed by atoms with Crippen LogP contribution in [0.1, 0.15) is 17.7 Å². The van der Waals surface area contributed by atoms with E-state index in [0.717, 1.165) is 11.8 Å². The highest BCUT2D eigenvalue weighted by Gasteiger charge is 2.22. The molecule has 0 saturated carbocycles. The van der Waals surface area contributed by atoms with Gasteiger partial charge in [0.15, 0.2) is 5.65 Å². The zero-order valence-corrected chi connectivity index (χ0v) is 17.0. The van der Waals surface area contributed by atoms with Crippen molar-refractivity contribution in [2.75, 3.05) is 5.73 Å². The quantitative estimate of drug-likeness (QED) is 0.441. The number of hydrogen-bond donors (Lipinski definition) is 1. The van der Waals surface area contributed by atoms with Gasteiger partial charge in [-0.25, -0.2) is 27.6 Å². The molecule has 33 heavy (non-hydrogen) atoms. The van der Waals surface area contributed by atoms with Crippen molar-refractivity contribution in [2.45, 2.75) is 13.0 Å². The summed E-state index contributed by atoms with van der Waals surface area (Å²) in [6, 6.07) is 13.8. The summed E-state index contributed by atoms with van der Waals surface area (Å²) in [7, 11) is 0. The molecule has 9 nitrogen and oxygen atoms in total. The first-order valence-electron chi connectivity index (χ1n) is 9.87. The first-order valence-corrected chi connectivity index (χ1v) is 9.87. The molecule has 5 aromatic rings. The van der Waals surface area contributed by atoms with E-state index in [1.54, 1.807) is 12.3 Å². The van der Waals surface area contributed by atoms with E-state index in [0.29, 0.717) is 22.5 Å². The third-order valence-corrected chi connectivity index (χ3v) is 5.09. The minimum atomic E-state index is -2.62. The zero-order valence-electron chi connectivity index (χ0n) is 17.0. The molecule has 164 valence electrons. The maximum atomic E-state index is 13.1. The molecule has 0 amide bonds. The van der Waals surface area contributed by atoms with Crippen molar-refractivity contribution in [3.05, 3.63) is 88.9 Å². The lowest BCUT2D eigenvalue weighted by molar-refractivity contribution is 0.151. The van der Waals surface area contributed by atoms with Crippen LogP contribution in [-0.2, 0) is 6.54 Å². The number of anilines is 1. The predicted octanol–water partition coefficient (Wildman–Crippen LogP) is 2.98. The topological polar surface area (TPSA) is 117 Å². The fraction of sp³-hybridized carbons (Fsp3) is 0.0909. The summed E-state index contributed by atoms with van der Waals surface area (Å²) in [6.45, 7) is -0.0296. The van der Waals surface area contributed by atoms with Crippen molar-refractivity contribution >= 4 is 11.6 Å². The highest BCUT2D eigenvalue weighted by Crippen LogP contribution is 2.33. The number of aromatic nitrogens is 7. The van der Waals surface area contributed by atoms with Crippen LogP contribution in [0.5, 0.6) is 0 Å². The standard InChI is InChI=1S/C22H16F2N8O/c23-19(24)15-6-7-16(26-10-15)12-31-22(33)32-20(30-31)17(14-8-9-27-28-11-14)18(29-21(32)25)13-4-2-1-3-5-13/h1-11,19H,12H2,(H2,25,29). The van der Waals surface area contributed by atoms with Crippen LogP contribution >= 0.6 is 0 Å². The first-order chi connectivity index (χ1) is 16.0. The molecular formula is C22H16F2N8O. The average molecular weight is 446 g/mol. The van der Waals surface area contributed by atoms with Crippen LogP contribution in [0.15, 0.2) is 71.9 Å². The van der Waals surface area contributed by atoms with Gasteiger partial charge in [-0.05, 0) is 18.2 Å². The molecule has 5 rings (SSSR count). The minimum Gasteiger partial charge on any atom is -0.369 e. The van der Waals surface area contributed by atoms with Crippen molar-refractivity contribution in [1.82, 2.24) is 34.3 Å². The monoisotopic (exact) mass is 446 g/mol. The molecule has 0 aliphatic rings. The van der Waals surface area contributed by atoms with Crippen LogP contribution in [0.3, 0.4) is 0 Å². The molecule has 1 aromatic carbocycles. The van der Waals surface area contributed by atoms with E-state index in [1.807, 2.05) is 30.3 Å². The molecular weight excluding hydrogens is 430 g/mol. The number of nitrogen functional groups attached to an aromatic ring is 1. The minimum absolute atomic E-state index is 0.0296. The fourth-order valence-corrected chi connectivity index (χ4v) is 3.53. The zero-order chi connectivity index (χ0) is 22.9. The van der Waals surface area contributed by atoms with Crippen LogP contribution in [0, 0.1) is 0 Å². The van der Waals surface area contributed by atoms with Crippen molar-refractivity contribution in [1.29, 1.82) is 0 Å². The number of fused-ring (bicyclic) bond motifs is 1. The molecule has 4 aromatic heterocycles. The molecule has 2 N–H and O–H groups in total. The molecule has 0 aliphatic heterocycles. The number of benzene rings is 1. The van der Waals surface area contributed by atoms with Crippen molar-refractivity contribution in [3.63, 3.8) is 0 Å². The van der Waals surface area contributed by atoms with E-state index >= 15 is 0 Å².